The summed E-state index contributed by atoms with van der Waals surface area (Å²) in [6, 6.07) is 17.1. The normalized spacial score (nSPS) is 19.7. The zero-order valence-electron chi connectivity index (χ0n) is 23.1. The predicted octanol–water partition coefficient (Wildman–Crippen LogP) is 6.85. The SMILES string of the molecule is COC(=O)/C=C/c1cc(F)cc(N(Cc2ccc(-c3ccc(N(C)C)cc3)cc2F)C(=O)[C@H]2C[C@@H]3CC[C@H]2C3)c1. The number of methoxy groups -OCH3 is 1. The number of carbonyl (C=O) groups is 2. The van der Waals surface area contributed by atoms with Crippen LogP contribution in [0.2, 0.25) is 0 Å². The van der Waals surface area contributed by atoms with Gasteiger partial charge in [-0.25, -0.2) is 13.6 Å². The largest absolute Gasteiger partial charge is 0.466 e. The van der Waals surface area contributed by atoms with Gasteiger partial charge in [-0.05, 0) is 90.3 Å². The number of benzene rings is 3. The number of halogens is 2. The highest BCUT2D eigenvalue weighted by Gasteiger charge is 2.44. The minimum absolute atomic E-state index is 0.0258. The van der Waals surface area contributed by atoms with Crippen molar-refractivity contribution in [1.82, 2.24) is 0 Å². The number of carbonyl (C=O) groups excluding carboxylic acids is 2. The Morgan fingerprint density at radius 3 is 2.30 bits per heavy atom. The van der Waals surface area contributed by atoms with Gasteiger partial charge >= 0.3 is 5.97 Å². The van der Waals surface area contributed by atoms with E-state index in [1.54, 1.807) is 12.1 Å². The first-order valence-corrected chi connectivity index (χ1v) is 13.7. The lowest BCUT2D eigenvalue weighted by atomic mass is 9.87. The molecule has 0 heterocycles. The number of fused-ring (bicyclic) bond motifs is 2. The molecule has 0 N–H and O–H groups in total. The molecule has 5 rings (SSSR count). The number of nitrogens with zero attached hydrogens (tertiary/aromatic N) is 2. The van der Waals surface area contributed by atoms with Crippen molar-refractivity contribution in [2.45, 2.75) is 32.2 Å². The Bertz CT molecular complexity index is 1430. The van der Waals surface area contributed by atoms with Gasteiger partial charge in [-0.3, -0.25) is 4.79 Å². The molecule has 0 saturated heterocycles. The van der Waals surface area contributed by atoms with E-state index in [2.05, 4.69) is 4.74 Å². The molecular formula is C33H34F2N2O3. The molecule has 1 amide bonds. The monoisotopic (exact) mass is 544 g/mol. The standard InChI is InChI=1S/C33H34F2N2O3/c1-36(2)28-11-9-23(10-12-28)24-7-8-26(31(35)18-24)20-37(33(39)30-17-21-4-6-25(30)14-21)29-16-22(15-27(34)19-29)5-13-32(38)40-3/h5,7-13,15-16,18-19,21,25,30H,4,6,14,17,20H2,1-3H3/b13-5+/t21-,25+,30+/m1/s1. The van der Waals surface area contributed by atoms with Crippen LogP contribution in [-0.4, -0.2) is 33.1 Å². The van der Waals surface area contributed by atoms with Gasteiger partial charge in [0.2, 0.25) is 5.91 Å². The minimum Gasteiger partial charge on any atom is -0.466 e. The Hall–Kier alpha value is -4.00. The molecule has 0 aromatic heterocycles. The maximum atomic E-state index is 15.5. The van der Waals surface area contributed by atoms with Gasteiger partial charge in [-0.2, -0.15) is 0 Å². The van der Waals surface area contributed by atoms with Crippen molar-refractivity contribution in [1.29, 1.82) is 0 Å². The lowest BCUT2D eigenvalue weighted by molar-refractivity contribution is -0.134. The molecule has 5 nitrogen and oxygen atoms in total. The van der Waals surface area contributed by atoms with Gasteiger partial charge in [0.25, 0.3) is 0 Å². The maximum Gasteiger partial charge on any atom is 0.330 e. The molecule has 2 aliphatic carbocycles. The van der Waals surface area contributed by atoms with E-state index >= 15 is 4.39 Å². The topological polar surface area (TPSA) is 49.9 Å². The lowest BCUT2D eigenvalue weighted by Crippen LogP contribution is -2.38. The molecule has 0 unspecified atom stereocenters. The third kappa shape index (κ3) is 5.93. The summed E-state index contributed by atoms with van der Waals surface area (Å²) in [5, 5.41) is 0. The van der Waals surface area contributed by atoms with E-state index in [1.165, 1.54) is 42.4 Å². The first kappa shape index (κ1) is 27.6. The van der Waals surface area contributed by atoms with Crippen LogP contribution >= 0.6 is 0 Å². The molecule has 2 bridgehead atoms. The average molecular weight is 545 g/mol. The van der Waals surface area contributed by atoms with Crippen LogP contribution in [0.5, 0.6) is 0 Å². The van der Waals surface area contributed by atoms with Gasteiger partial charge in [-0.1, -0.05) is 30.7 Å². The van der Waals surface area contributed by atoms with Crippen LogP contribution in [0.4, 0.5) is 20.2 Å². The van der Waals surface area contributed by atoms with Gasteiger partial charge in [0, 0.05) is 43.0 Å². The summed E-state index contributed by atoms with van der Waals surface area (Å²) in [5.74, 6) is -0.963. The molecule has 208 valence electrons. The summed E-state index contributed by atoms with van der Waals surface area (Å²) >= 11 is 0. The summed E-state index contributed by atoms with van der Waals surface area (Å²) in [6.45, 7) is -0.0258. The first-order valence-electron chi connectivity index (χ1n) is 13.7. The number of hydrogen-bond donors (Lipinski definition) is 0. The Morgan fingerprint density at radius 2 is 1.68 bits per heavy atom. The first-order chi connectivity index (χ1) is 19.2. The van der Waals surface area contributed by atoms with Crippen LogP contribution in [0.15, 0.2) is 66.7 Å². The fourth-order valence-electron chi connectivity index (χ4n) is 6.10. The summed E-state index contributed by atoms with van der Waals surface area (Å²) in [4.78, 5) is 29.0. The van der Waals surface area contributed by atoms with Gasteiger partial charge < -0.3 is 14.5 Å². The molecular weight excluding hydrogens is 510 g/mol. The van der Waals surface area contributed by atoms with Crippen LogP contribution in [0, 0.1) is 29.4 Å². The Balaban J connectivity index is 1.46. The third-order valence-corrected chi connectivity index (χ3v) is 8.25. The van der Waals surface area contributed by atoms with Crippen LogP contribution in [0.1, 0.15) is 36.8 Å². The fraction of sp³-hybridized carbons (Fsp3) is 0.333. The highest BCUT2D eigenvalue weighted by Crippen LogP contribution is 2.49. The quantitative estimate of drug-likeness (QED) is 0.230. The predicted molar refractivity (Wildman–Crippen MR) is 154 cm³/mol. The molecule has 40 heavy (non-hydrogen) atoms. The molecule has 3 aromatic rings. The van der Waals surface area contributed by atoms with Crippen molar-refractivity contribution in [2.24, 2.45) is 17.8 Å². The highest BCUT2D eigenvalue weighted by atomic mass is 19.1. The Morgan fingerprint density at radius 1 is 0.925 bits per heavy atom. The van der Waals surface area contributed by atoms with E-state index in [4.69, 9.17) is 0 Å². The van der Waals surface area contributed by atoms with E-state index in [0.717, 1.165) is 42.5 Å². The highest BCUT2D eigenvalue weighted by molar-refractivity contribution is 5.96. The van der Waals surface area contributed by atoms with Crippen molar-refractivity contribution >= 4 is 29.3 Å². The van der Waals surface area contributed by atoms with Crippen molar-refractivity contribution in [3.8, 4) is 11.1 Å². The van der Waals surface area contributed by atoms with Crippen LogP contribution in [-0.2, 0) is 20.9 Å². The Kier molecular flexibility index (Phi) is 8.01. The molecule has 3 aromatic carbocycles. The van der Waals surface area contributed by atoms with E-state index in [1.807, 2.05) is 49.3 Å². The summed E-state index contributed by atoms with van der Waals surface area (Å²) in [6.07, 6.45) is 6.65. The molecule has 0 radical (unpaired) electrons. The smallest absolute Gasteiger partial charge is 0.330 e. The molecule has 2 fully saturated rings. The van der Waals surface area contributed by atoms with Crippen LogP contribution in [0.3, 0.4) is 0 Å². The van der Waals surface area contributed by atoms with Gasteiger partial charge in [0.15, 0.2) is 0 Å². The molecule has 2 saturated carbocycles. The maximum absolute atomic E-state index is 15.5. The summed E-state index contributed by atoms with van der Waals surface area (Å²) in [5.41, 5.74) is 3.76. The zero-order valence-corrected chi connectivity index (χ0v) is 23.1. The van der Waals surface area contributed by atoms with Crippen molar-refractivity contribution in [2.75, 3.05) is 31.0 Å². The van der Waals surface area contributed by atoms with E-state index in [9.17, 15) is 14.0 Å². The molecule has 2 aliphatic rings. The van der Waals surface area contributed by atoms with Crippen molar-refractivity contribution < 1.29 is 23.1 Å². The second-order valence-corrected chi connectivity index (χ2v) is 11.1. The van der Waals surface area contributed by atoms with Crippen LogP contribution < -0.4 is 9.80 Å². The molecule has 3 atom stereocenters. The van der Waals surface area contributed by atoms with Gasteiger partial charge in [-0.15, -0.1) is 0 Å². The zero-order chi connectivity index (χ0) is 28.4. The van der Waals surface area contributed by atoms with E-state index in [-0.39, 0.29) is 18.4 Å². The number of hydrogen-bond acceptors (Lipinski definition) is 4. The minimum atomic E-state index is -0.570. The lowest BCUT2D eigenvalue weighted by Gasteiger charge is -2.30. The molecule has 7 heteroatoms. The second kappa shape index (κ2) is 11.6. The number of anilines is 2. The van der Waals surface area contributed by atoms with Crippen molar-refractivity contribution in [3.63, 3.8) is 0 Å². The number of rotatable bonds is 8. The number of esters is 1. The summed E-state index contributed by atoms with van der Waals surface area (Å²) in [7, 11) is 5.19. The van der Waals surface area contributed by atoms with Crippen LogP contribution in [0.25, 0.3) is 17.2 Å². The molecule has 0 spiro atoms. The van der Waals surface area contributed by atoms with E-state index < -0.39 is 17.6 Å². The van der Waals surface area contributed by atoms with Gasteiger partial charge in [0.05, 0.1) is 13.7 Å². The second-order valence-electron chi connectivity index (χ2n) is 11.1. The number of amides is 1. The molecule has 0 aliphatic heterocycles. The van der Waals surface area contributed by atoms with Gasteiger partial charge in [0.1, 0.15) is 11.6 Å². The third-order valence-electron chi connectivity index (χ3n) is 8.25. The summed E-state index contributed by atoms with van der Waals surface area (Å²) < 4.78 is 34.9. The fourth-order valence-corrected chi connectivity index (χ4v) is 6.10. The Labute approximate surface area is 234 Å². The number of ether oxygens (including phenoxy) is 1. The van der Waals surface area contributed by atoms with Crippen molar-refractivity contribution in [3.05, 3.63) is 89.5 Å². The average Bonchev–Trinajstić information content (AvgIpc) is 3.59. The van der Waals surface area contributed by atoms with E-state index in [0.29, 0.717) is 28.7 Å².